The zero-order chi connectivity index (χ0) is 23.9. The highest BCUT2D eigenvalue weighted by molar-refractivity contribution is 5.36. The number of alkyl halides is 3. The van der Waals surface area contributed by atoms with Gasteiger partial charge in [0.15, 0.2) is 0 Å². The molecule has 1 aromatic carbocycles. The molecule has 0 saturated heterocycles. The van der Waals surface area contributed by atoms with Gasteiger partial charge in [-0.2, -0.15) is 4.68 Å². The lowest BCUT2D eigenvalue weighted by Gasteiger charge is -2.08. The predicted octanol–water partition coefficient (Wildman–Crippen LogP) is 6.04. The largest absolute Gasteiger partial charge is 0.573 e. The number of hydrogen-bond acceptors (Lipinski definition) is 6. The Hall–Kier alpha value is -2.49. The fourth-order valence-corrected chi connectivity index (χ4v) is 3.25. The van der Waals surface area contributed by atoms with Gasteiger partial charge in [0.25, 0.3) is 0 Å². The summed E-state index contributed by atoms with van der Waals surface area (Å²) in [5.41, 5.74) is 0.213. The van der Waals surface area contributed by atoms with Crippen LogP contribution in [0, 0.1) is 0 Å². The van der Waals surface area contributed by atoms with Gasteiger partial charge in [-0.3, -0.25) is 0 Å². The number of hydrogen-bond donors (Lipinski definition) is 0. The van der Waals surface area contributed by atoms with Crippen LogP contribution in [0.3, 0.4) is 0 Å². The Morgan fingerprint density at radius 3 is 2.09 bits per heavy atom. The summed E-state index contributed by atoms with van der Waals surface area (Å²) in [5.74, 6) is -1.22. The molecule has 7 nitrogen and oxygen atoms in total. The van der Waals surface area contributed by atoms with Crippen LogP contribution in [0.2, 0.25) is 0 Å². The minimum absolute atomic E-state index is 0.163. The Morgan fingerprint density at radius 2 is 1.48 bits per heavy atom. The SMILES string of the molecule is CCCCCCCCCCCCOCCOc1nn(-c2ccc(OC(F)(F)F)cc2)c(=O)o1. The van der Waals surface area contributed by atoms with Crippen LogP contribution in [-0.2, 0) is 4.74 Å². The van der Waals surface area contributed by atoms with Crippen LogP contribution in [0.15, 0.2) is 33.5 Å². The van der Waals surface area contributed by atoms with E-state index in [4.69, 9.17) is 13.9 Å². The van der Waals surface area contributed by atoms with E-state index >= 15 is 0 Å². The summed E-state index contributed by atoms with van der Waals surface area (Å²) in [6.07, 6.45) is 7.56. The first kappa shape index (κ1) is 26.8. The topological polar surface area (TPSA) is 75.7 Å². The highest BCUT2D eigenvalue weighted by Crippen LogP contribution is 2.23. The van der Waals surface area contributed by atoms with Crippen molar-refractivity contribution in [1.82, 2.24) is 9.78 Å². The first-order chi connectivity index (χ1) is 15.9. The van der Waals surface area contributed by atoms with E-state index in [-0.39, 0.29) is 18.4 Å². The van der Waals surface area contributed by atoms with Gasteiger partial charge in [0.1, 0.15) is 12.4 Å². The van der Waals surface area contributed by atoms with Crippen molar-refractivity contribution in [3.63, 3.8) is 0 Å². The molecule has 10 heteroatoms. The molecule has 0 unspecified atom stereocenters. The molecule has 2 aromatic rings. The van der Waals surface area contributed by atoms with Gasteiger partial charge in [-0.05, 0) is 30.7 Å². The fourth-order valence-electron chi connectivity index (χ4n) is 3.25. The summed E-state index contributed by atoms with van der Waals surface area (Å²) in [6, 6.07) is 4.66. The van der Waals surface area contributed by atoms with Crippen molar-refractivity contribution in [2.24, 2.45) is 0 Å². The first-order valence-corrected chi connectivity index (χ1v) is 11.6. The van der Waals surface area contributed by atoms with Crippen molar-refractivity contribution in [2.45, 2.75) is 77.5 Å². The van der Waals surface area contributed by atoms with Crippen molar-refractivity contribution in [3.05, 3.63) is 34.8 Å². The van der Waals surface area contributed by atoms with Crippen LogP contribution >= 0.6 is 0 Å². The maximum absolute atomic E-state index is 12.2. The van der Waals surface area contributed by atoms with Gasteiger partial charge >= 0.3 is 18.2 Å². The summed E-state index contributed by atoms with van der Waals surface area (Å²) in [4.78, 5) is 11.9. The first-order valence-electron chi connectivity index (χ1n) is 11.6. The van der Waals surface area contributed by atoms with Crippen LogP contribution in [-0.4, -0.2) is 36.0 Å². The van der Waals surface area contributed by atoms with Crippen LogP contribution < -0.4 is 15.2 Å². The summed E-state index contributed by atoms with van der Waals surface area (Å²) in [6.45, 7) is 3.36. The normalized spacial score (nSPS) is 11.6. The van der Waals surface area contributed by atoms with Crippen LogP contribution in [0.25, 0.3) is 5.69 Å². The molecule has 186 valence electrons. The van der Waals surface area contributed by atoms with Gasteiger partial charge in [0, 0.05) is 6.61 Å². The van der Waals surface area contributed by atoms with Crippen molar-refractivity contribution in [2.75, 3.05) is 19.8 Å². The number of rotatable bonds is 17. The Labute approximate surface area is 191 Å². The molecule has 1 aromatic heterocycles. The molecular weight excluding hydrogens is 441 g/mol. The number of halogens is 3. The molecule has 0 N–H and O–H groups in total. The minimum Gasteiger partial charge on any atom is -0.447 e. The Balaban J connectivity index is 1.57. The summed E-state index contributed by atoms with van der Waals surface area (Å²) in [7, 11) is 0. The average molecular weight is 475 g/mol. The lowest BCUT2D eigenvalue weighted by Crippen LogP contribution is -2.17. The molecule has 0 aliphatic carbocycles. The average Bonchev–Trinajstić information content (AvgIpc) is 3.14. The number of aromatic nitrogens is 2. The third-order valence-corrected chi connectivity index (χ3v) is 4.94. The molecule has 0 aliphatic rings. The van der Waals surface area contributed by atoms with E-state index in [9.17, 15) is 18.0 Å². The van der Waals surface area contributed by atoms with Gasteiger partial charge < -0.3 is 18.6 Å². The molecule has 33 heavy (non-hydrogen) atoms. The Bertz CT molecular complexity index is 834. The molecule has 0 saturated carbocycles. The standard InChI is InChI=1S/C23H33F3N2O5/c1-2-3-4-5-6-7-8-9-10-11-16-30-17-18-31-21-27-28(22(29)32-21)19-12-14-20(15-13-19)33-23(24,25)26/h12-15H,2-11,16-18H2,1H3. The van der Waals surface area contributed by atoms with E-state index in [1.165, 1.54) is 63.5 Å². The van der Waals surface area contributed by atoms with Gasteiger partial charge in [-0.1, -0.05) is 69.8 Å². The minimum atomic E-state index is -4.79. The molecule has 0 amide bonds. The molecule has 1 heterocycles. The number of ether oxygens (including phenoxy) is 3. The van der Waals surface area contributed by atoms with Gasteiger partial charge in [0.05, 0.1) is 12.3 Å². The van der Waals surface area contributed by atoms with Crippen molar-refractivity contribution in [3.8, 4) is 17.5 Å². The van der Waals surface area contributed by atoms with E-state index in [0.29, 0.717) is 13.2 Å². The van der Waals surface area contributed by atoms with E-state index < -0.39 is 17.9 Å². The second-order valence-electron chi connectivity index (χ2n) is 7.73. The summed E-state index contributed by atoms with van der Waals surface area (Å²) >= 11 is 0. The van der Waals surface area contributed by atoms with Crippen LogP contribution in [0.5, 0.6) is 11.8 Å². The second kappa shape index (κ2) is 14.6. The predicted molar refractivity (Wildman–Crippen MR) is 117 cm³/mol. The van der Waals surface area contributed by atoms with E-state index in [2.05, 4.69) is 16.8 Å². The molecule has 0 fully saturated rings. The summed E-state index contributed by atoms with van der Waals surface area (Å²) in [5, 5.41) is 3.88. The smallest absolute Gasteiger partial charge is 0.447 e. The molecule has 0 atom stereocenters. The highest BCUT2D eigenvalue weighted by Gasteiger charge is 2.31. The zero-order valence-electron chi connectivity index (χ0n) is 19.1. The van der Waals surface area contributed by atoms with Gasteiger partial charge in [-0.25, -0.2) is 4.79 Å². The van der Waals surface area contributed by atoms with Crippen LogP contribution in [0.4, 0.5) is 13.2 Å². The Kier molecular flexibility index (Phi) is 11.9. The maximum atomic E-state index is 12.2. The number of benzene rings is 1. The van der Waals surface area contributed by atoms with E-state index in [0.717, 1.165) is 29.7 Å². The monoisotopic (exact) mass is 474 g/mol. The molecule has 0 radical (unpaired) electrons. The van der Waals surface area contributed by atoms with Gasteiger partial charge in [0.2, 0.25) is 0 Å². The molecule has 2 rings (SSSR count). The zero-order valence-corrected chi connectivity index (χ0v) is 19.1. The van der Waals surface area contributed by atoms with Crippen molar-refractivity contribution < 1.29 is 31.8 Å². The number of nitrogens with zero attached hydrogens (tertiary/aromatic N) is 2. The van der Waals surface area contributed by atoms with Crippen molar-refractivity contribution >= 4 is 0 Å². The van der Waals surface area contributed by atoms with E-state index in [1.807, 2.05) is 0 Å². The van der Waals surface area contributed by atoms with Gasteiger partial charge in [-0.15, -0.1) is 13.2 Å². The molecule has 0 bridgehead atoms. The fraction of sp³-hybridized carbons (Fsp3) is 0.652. The second-order valence-corrected chi connectivity index (χ2v) is 7.73. The lowest BCUT2D eigenvalue weighted by atomic mass is 10.1. The molecule has 0 spiro atoms. The maximum Gasteiger partial charge on any atom is 0.573 e. The highest BCUT2D eigenvalue weighted by atomic mass is 19.4. The third-order valence-electron chi connectivity index (χ3n) is 4.94. The quantitative estimate of drug-likeness (QED) is 0.260. The van der Waals surface area contributed by atoms with Crippen LogP contribution in [0.1, 0.15) is 71.1 Å². The third kappa shape index (κ3) is 11.3. The van der Waals surface area contributed by atoms with E-state index in [1.54, 1.807) is 0 Å². The number of unbranched alkanes of at least 4 members (excludes halogenated alkanes) is 9. The molecular formula is C23H33F3N2O5. The summed E-state index contributed by atoms with van der Waals surface area (Å²) < 4.78 is 57.0. The lowest BCUT2D eigenvalue weighted by molar-refractivity contribution is -0.274. The Morgan fingerprint density at radius 1 is 0.879 bits per heavy atom. The van der Waals surface area contributed by atoms with Crippen molar-refractivity contribution in [1.29, 1.82) is 0 Å². The molecule has 0 aliphatic heterocycles.